The maximum Gasteiger partial charge on any atom is 0.233 e. The number of nitrogens with two attached hydrogens (primary N) is 1. The fraction of sp³-hybridized carbons (Fsp3) is 0.438. The van der Waals surface area contributed by atoms with Crippen molar-refractivity contribution in [3.8, 4) is 11.4 Å². The molecule has 2 heterocycles. The van der Waals surface area contributed by atoms with E-state index in [9.17, 15) is 13.2 Å². The number of rotatable bonds is 5. The van der Waals surface area contributed by atoms with Crippen LogP contribution in [0.1, 0.15) is 18.9 Å². The molecule has 26 heavy (non-hydrogen) atoms. The standard InChI is InChI=1S/C16H21N5O3S2/c1-10-5-3-4-6-13(10)14-19-20-16(21(14)17)25-11(2)15(22)18-12-7-8-26(23,24)9-12/h3-6,11-12H,7-9,17H2,1-2H3,(H,18,22)/t11-,12+/m1/s1. The number of sulfone groups is 1. The van der Waals surface area contributed by atoms with Gasteiger partial charge in [-0.2, -0.15) is 0 Å². The average molecular weight is 396 g/mol. The molecule has 0 aliphatic carbocycles. The van der Waals surface area contributed by atoms with Crippen LogP contribution >= 0.6 is 11.8 Å². The fourth-order valence-corrected chi connectivity index (χ4v) is 5.26. The first-order valence-electron chi connectivity index (χ1n) is 8.21. The summed E-state index contributed by atoms with van der Waals surface area (Å²) in [6, 6.07) is 7.38. The van der Waals surface area contributed by atoms with Gasteiger partial charge in [0.05, 0.1) is 16.8 Å². The van der Waals surface area contributed by atoms with E-state index in [0.717, 1.165) is 11.1 Å². The summed E-state index contributed by atoms with van der Waals surface area (Å²) in [5.74, 6) is 6.52. The van der Waals surface area contributed by atoms with Crippen molar-refractivity contribution in [2.24, 2.45) is 0 Å². The summed E-state index contributed by atoms with van der Waals surface area (Å²) < 4.78 is 24.4. The van der Waals surface area contributed by atoms with Crippen molar-refractivity contribution in [3.05, 3.63) is 29.8 Å². The maximum absolute atomic E-state index is 12.3. The monoisotopic (exact) mass is 395 g/mol. The highest BCUT2D eigenvalue weighted by Gasteiger charge is 2.30. The third kappa shape index (κ3) is 4.01. The molecule has 3 N–H and O–H groups in total. The molecule has 0 unspecified atom stereocenters. The molecule has 1 aromatic heterocycles. The van der Waals surface area contributed by atoms with Crippen molar-refractivity contribution in [1.29, 1.82) is 0 Å². The first kappa shape index (κ1) is 18.7. The summed E-state index contributed by atoms with van der Waals surface area (Å²) in [6.07, 6.45) is 0.454. The van der Waals surface area contributed by atoms with Crippen LogP contribution in [0.15, 0.2) is 29.4 Å². The lowest BCUT2D eigenvalue weighted by molar-refractivity contribution is -0.120. The van der Waals surface area contributed by atoms with Crippen molar-refractivity contribution in [2.45, 2.75) is 36.7 Å². The van der Waals surface area contributed by atoms with E-state index in [4.69, 9.17) is 5.84 Å². The Morgan fingerprint density at radius 2 is 2.12 bits per heavy atom. The van der Waals surface area contributed by atoms with Gasteiger partial charge in [0.25, 0.3) is 0 Å². The minimum atomic E-state index is -3.03. The number of aryl methyl sites for hydroxylation is 1. The molecule has 0 bridgehead atoms. The Morgan fingerprint density at radius 1 is 1.38 bits per heavy atom. The zero-order valence-electron chi connectivity index (χ0n) is 14.5. The normalized spacial score (nSPS) is 20.0. The predicted molar refractivity (Wildman–Crippen MR) is 101 cm³/mol. The van der Waals surface area contributed by atoms with Gasteiger partial charge in [0.15, 0.2) is 15.7 Å². The lowest BCUT2D eigenvalue weighted by Crippen LogP contribution is -2.40. The third-order valence-electron chi connectivity index (χ3n) is 4.28. The van der Waals surface area contributed by atoms with E-state index in [1.807, 2.05) is 31.2 Å². The first-order valence-corrected chi connectivity index (χ1v) is 10.9. The van der Waals surface area contributed by atoms with Gasteiger partial charge in [0, 0.05) is 11.6 Å². The van der Waals surface area contributed by atoms with Crippen LogP contribution < -0.4 is 11.2 Å². The second kappa shape index (κ2) is 7.28. The number of benzene rings is 1. The number of nitrogen functional groups attached to an aromatic ring is 1. The van der Waals surface area contributed by atoms with E-state index in [0.29, 0.717) is 17.4 Å². The number of nitrogens with one attached hydrogen (secondary N) is 1. The number of thioether (sulfide) groups is 1. The van der Waals surface area contributed by atoms with Crippen LogP contribution in [0.2, 0.25) is 0 Å². The summed E-state index contributed by atoms with van der Waals surface area (Å²) in [6.45, 7) is 3.69. The minimum Gasteiger partial charge on any atom is -0.351 e. The summed E-state index contributed by atoms with van der Waals surface area (Å²) in [5, 5.41) is 11.0. The predicted octanol–water partition coefficient (Wildman–Crippen LogP) is 0.751. The molecule has 1 amide bonds. The maximum atomic E-state index is 12.3. The van der Waals surface area contributed by atoms with Gasteiger partial charge in [-0.15, -0.1) is 10.2 Å². The molecule has 0 radical (unpaired) electrons. The first-order chi connectivity index (χ1) is 12.3. The van der Waals surface area contributed by atoms with Crippen LogP contribution in [0.4, 0.5) is 0 Å². The Kier molecular flexibility index (Phi) is 5.24. The molecule has 140 valence electrons. The second-order valence-corrected chi connectivity index (χ2v) is 9.90. The van der Waals surface area contributed by atoms with Gasteiger partial charge in [0.1, 0.15) is 0 Å². The number of hydrogen-bond acceptors (Lipinski definition) is 7. The molecule has 8 nitrogen and oxygen atoms in total. The van der Waals surface area contributed by atoms with E-state index >= 15 is 0 Å². The molecule has 1 aromatic carbocycles. The smallest absolute Gasteiger partial charge is 0.233 e. The van der Waals surface area contributed by atoms with Gasteiger partial charge >= 0.3 is 0 Å². The van der Waals surface area contributed by atoms with Gasteiger partial charge in [0.2, 0.25) is 11.1 Å². The number of aromatic nitrogens is 3. The molecule has 0 spiro atoms. The average Bonchev–Trinajstić information content (AvgIpc) is 3.10. The number of hydrogen-bond donors (Lipinski definition) is 2. The van der Waals surface area contributed by atoms with Gasteiger partial charge in [-0.1, -0.05) is 36.0 Å². The molecular formula is C16H21N5O3S2. The van der Waals surface area contributed by atoms with Crippen LogP contribution in [-0.2, 0) is 14.6 Å². The molecule has 1 saturated heterocycles. The number of carbonyl (C=O) groups is 1. The van der Waals surface area contributed by atoms with E-state index < -0.39 is 15.1 Å². The molecule has 2 atom stereocenters. The zero-order valence-corrected chi connectivity index (χ0v) is 16.2. The van der Waals surface area contributed by atoms with E-state index in [1.54, 1.807) is 6.92 Å². The highest BCUT2D eigenvalue weighted by Crippen LogP contribution is 2.26. The van der Waals surface area contributed by atoms with Gasteiger partial charge in [-0.05, 0) is 25.8 Å². The lowest BCUT2D eigenvalue weighted by Gasteiger charge is -2.15. The second-order valence-electron chi connectivity index (χ2n) is 6.36. The SMILES string of the molecule is Cc1ccccc1-c1nnc(S[C@H](C)C(=O)N[C@H]2CCS(=O)(=O)C2)n1N. The minimum absolute atomic E-state index is 0.000625. The number of carbonyl (C=O) groups excluding carboxylic acids is 1. The summed E-state index contributed by atoms with van der Waals surface area (Å²) in [5.41, 5.74) is 1.90. The molecule has 10 heteroatoms. The Balaban J connectivity index is 1.67. The topological polar surface area (TPSA) is 120 Å². The summed E-state index contributed by atoms with van der Waals surface area (Å²) >= 11 is 1.19. The van der Waals surface area contributed by atoms with Crippen molar-refractivity contribution >= 4 is 27.5 Å². The van der Waals surface area contributed by atoms with Gasteiger partial charge in [-0.3, -0.25) is 4.79 Å². The quantitative estimate of drug-likeness (QED) is 0.566. The van der Waals surface area contributed by atoms with Gasteiger partial charge < -0.3 is 11.2 Å². The molecule has 1 aliphatic rings. The van der Waals surface area contributed by atoms with Crippen LogP contribution in [0.3, 0.4) is 0 Å². The Bertz CT molecular complexity index is 926. The van der Waals surface area contributed by atoms with E-state index in [2.05, 4.69) is 15.5 Å². The van der Waals surface area contributed by atoms with Crippen molar-refractivity contribution in [3.63, 3.8) is 0 Å². The van der Waals surface area contributed by atoms with Crippen molar-refractivity contribution < 1.29 is 13.2 Å². The largest absolute Gasteiger partial charge is 0.351 e. The van der Waals surface area contributed by atoms with Gasteiger partial charge in [-0.25, -0.2) is 13.1 Å². The number of nitrogens with zero attached hydrogens (tertiary/aromatic N) is 3. The Labute approximate surface area is 156 Å². The van der Waals surface area contributed by atoms with E-state index in [1.165, 1.54) is 16.4 Å². The molecule has 3 rings (SSSR count). The van der Waals surface area contributed by atoms with Crippen molar-refractivity contribution in [2.75, 3.05) is 17.3 Å². The van der Waals surface area contributed by atoms with Crippen molar-refractivity contribution in [1.82, 2.24) is 20.2 Å². The van der Waals surface area contributed by atoms with Crippen LogP contribution in [0, 0.1) is 6.92 Å². The molecule has 0 saturated carbocycles. The molecular weight excluding hydrogens is 374 g/mol. The Hall–Kier alpha value is -2.07. The van der Waals surface area contributed by atoms with Crippen LogP contribution in [0.5, 0.6) is 0 Å². The zero-order chi connectivity index (χ0) is 18.9. The molecule has 1 fully saturated rings. The highest BCUT2D eigenvalue weighted by atomic mass is 32.2. The fourth-order valence-electron chi connectivity index (χ4n) is 2.80. The van der Waals surface area contributed by atoms with Crippen LogP contribution in [0.25, 0.3) is 11.4 Å². The lowest BCUT2D eigenvalue weighted by atomic mass is 10.1. The highest BCUT2D eigenvalue weighted by molar-refractivity contribution is 8.00. The summed E-state index contributed by atoms with van der Waals surface area (Å²) in [7, 11) is -3.03. The number of amides is 1. The summed E-state index contributed by atoms with van der Waals surface area (Å²) in [4.78, 5) is 12.3. The van der Waals surface area contributed by atoms with E-state index in [-0.39, 0.29) is 23.5 Å². The molecule has 2 aromatic rings. The van der Waals surface area contributed by atoms with Crippen LogP contribution in [-0.4, -0.2) is 52.0 Å². The third-order valence-corrected chi connectivity index (χ3v) is 7.11. The Morgan fingerprint density at radius 3 is 2.77 bits per heavy atom. The molecule has 1 aliphatic heterocycles.